The van der Waals surface area contributed by atoms with Crippen LogP contribution in [0.3, 0.4) is 0 Å². The van der Waals surface area contributed by atoms with Crippen LogP contribution < -0.4 is 30.0 Å². The Morgan fingerprint density at radius 1 is 1.00 bits per heavy atom. The van der Waals surface area contributed by atoms with Gasteiger partial charge in [-0.15, -0.1) is 0 Å². The second-order valence-corrected chi connectivity index (χ2v) is 9.86. The number of hydrogen-bond donors (Lipinski definition) is 2. The van der Waals surface area contributed by atoms with E-state index >= 15 is 0 Å². The molecule has 1 aliphatic heterocycles. The number of H-pyrrole nitrogens is 1. The number of aromatic nitrogens is 2. The van der Waals surface area contributed by atoms with Crippen molar-refractivity contribution < 1.29 is 19.0 Å². The molecule has 10 nitrogen and oxygen atoms in total. The van der Waals surface area contributed by atoms with E-state index in [9.17, 15) is 9.59 Å². The lowest BCUT2D eigenvalue weighted by molar-refractivity contribution is -0.118. The molecule has 5 rings (SSSR count). The summed E-state index contributed by atoms with van der Waals surface area (Å²) in [5, 5.41) is 3.76. The number of carbonyl (C=O) groups excluding carboxylic acids is 1. The molecule has 208 valence electrons. The number of carbonyl (C=O) groups is 1. The highest BCUT2D eigenvalue weighted by Crippen LogP contribution is 2.30. The van der Waals surface area contributed by atoms with Crippen LogP contribution in [-0.4, -0.2) is 74.8 Å². The van der Waals surface area contributed by atoms with Crippen LogP contribution >= 0.6 is 11.6 Å². The molecule has 1 amide bonds. The monoisotopic (exact) mass is 563 g/mol. The van der Waals surface area contributed by atoms with Gasteiger partial charge in [0, 0.05) is 49.6 Å². The second kappa shape index (κ2) is 11.8. The van der Waals surface area contributed by atoms with Crippen molar-refractivity contribution in [1.29, 1.82) is 0 Å². The largest absolute Gasteiger partial charge is 0.497 e. The molecule has 0 aliphatic carbocycles. The zero-order valence-corrected chi connectivity index (χ0v) is 23.2. The Morgan fingerprint density at radius 2 is 1.75 bits per heavy atom. The lowest BCUT2D eigenvalue weighted by Crippen LogP contribution is -2.44. The van der Waals surface area contributed by atoms with Gasteiger partial charge in [-0.3, -0.25) is 9.59 Å². The first-order valence-corrected chi connectivity index (χ1v) is 13.1. The average molecular weight is 564 g/mol. The standard InChI is InChI=1S/C29H30ClN5O5/c1-34-10-12-35(13-11-34)24-9-6-19(14-22(24)30)31-26(36)17-40-20-7-4-18(5-8-20)28-32-23-15-21(38-2)16-25(39-3)27(23)29(37)33-28/h4-9,14-16H,10-13,17H2,1-3H3,(H,31,36)(H,32,33,37). The number of likely N-dealkylation sites (N-methyl/N-ethyl adjacent to an activating group) is 1. The number of hydrogen-bond acceptors (Lipinski definition) is 8. The molecule has 40 heavy (non-hydrogen) atoms. The van der Waals surface area contributed by atoms with Crippen molar-refractivity contribution in [2.75, 3.05) is 64.3 Å². The summed E-state index contributed by atoms with van der Waals surface area (Å²) in [6.45, 7) is 3.60. The molecule has 2 N–H and O–H groups in total. The maximum absolute atomic E-state index is 12.8. The summed E-state index contributed by atoms with van der Waals surface area (Å²) in [6.07, 6.45) is 0. The Morgan fingerprint density at radius 3 is 2.42 bits per heavy atom. The molecule has 1 fully saturated rings. The van der Waals surface area contributed by atoms with E-state index in [-0.39, 0.29) is 18.1 Å². The maximum Gasteiger partial charge on any atom is 0.262 e. The van der Waals surface area contributed by atoms with E-state index in [2.05, 4.69) is 32.1 Å². The van der Waals surface area contributed by atoms with Gasteiger partial charge in [-0.05, 0) is 49.5 Å². The number of nitrogens with one attached hydrogen (secondary N) is 2. The van der Waals surface area contributed by atoms with Gasteiger partial charge in [0.2, 0.25) is 0 Å². The Kier molecular flexibility index (Phi) is 8.09. The molecule has 3 aromatic carbocycles. The molecule has 0 bridgehead atoms. The van der Waals surface area contributed by atoms with Crippen LogP contribution in [0.2, 0.25) is 5.02 Å². The smallest absolute Gasteiger partial charge is 0.262 e. The number of piperazine rings is 1. The van der Waals surface area contributed by atoms with Crippen molar-refractivity contribution >= 4 is 39.8 Å². The van der Waals surface area contributed by atoms with Crippen molar-refractivity contribution in [2.45, 2.75) is 0 Å². The number of fused-ring (bicyclic) bond motifs is 1. The van der Waals surface area contributed by atoms with Gasteiger partial charge in [0.1, 0.15) is 28.5 Å². The van der Waals surface area contributed by atoms with Crippen LogP contribution in [0.1, 0.15) is 0 Å². The molecule has 2 heterocycles. The van der Waals surface area contributed by atoms with E-state index in [1.54, 1.807) is 42.5 Å². The first-order chi connectivity index (χ1) is 19.3. The third kappa shape index (κ3) is 5.98. The summed E-state index contributed by atoms with van der Waals surface area (Å²) in [7, 11) is 5.13. The van der Waals surface area contributed by atoms with Crippen molar-refractivity contribution in [1.82, 2.24) is 14.9 Å². The van der Waals surface area contributed by atoms with Crippen LogP contribution in [0.15, 0.2) is 59.4 Å². The molecule has 0 saturated carbocycles. The van der Waals surface area contributed by atoms with E-state index < -0.39 is 0 Å². The molecular formula is C29H30ClN5O5. The number of rotatable bonds is 8. The Labute approximate surface area is 236 Å². The molecule has 11 heteroatoms. The molecule has 0 spiro atoms. The van der Waals surface area contributed by atoms with Gasteiger partial charge in [0.05, 0.1) is 30.4 Å². The van der Waals surface area contributed by atoms with Crippen LogP contribution in [0, 0.1) is 0 Å². The third-order valence-corrected chi connectivity index (χ3v) is 7.08. The average Bonchev–Trinajstić information content (AvgIpc) is 2.96. The number of halogens is 1. The van der Waals surface area contributed by atoms with E-state index in [1.165, 1.54) is 14.2 Å². The molecule has 4 aromatic rings. The summed E-state index contributed by atoms with van der Waals surface area (Å²) in [5.74, 6) is 1.48. The quantitative estimate of drug-likeness (QED) is 0.331. The summed E-state index contributed by atoms with van der Waals surface area (Å²) < 4.78 is 16.3. The Hall–Kier alpha value is -4.28. The van der Waals surface area contributed by atoms with Crippen LogP contribution in [-0.2, 0) is 4.79 Å². The summed E-state index contributed by atoms with van der Waals surface area (Å²) >= 11 is 6.52. The predicted molar refractivity (Wildman–Crippen MR) is 156 cm³/mol. The molecule has 1 aromatic heterocycles. The minimum Gasteiger partial charge on any atom is -0.497 e. The molecule has 0 unspecified atom stereocenters. The first kappa shape index (κ1) is 27.3. The zero-order chi connectivity index (χ0) is 28.2. The van der Waals surface area contributed by atoms with E-state index in [0.717, 1.165) is 31.9 Å². The molecule has 0 radical (unpaired) electrons. The van der Waals surface area contributed by atoms with Crippen LogP contribution in [0.25, 0.3) is 22.3 Å². The lowest BCUT2D eigenvalue weighted by Gasteiger charge is -2.34. The van der Waals surface area contributed by atoms with Crippen LogP contribution in [0.4, 0.5) is 11.4 Å². The number of methoxy groups -OCH3 is 2. The number of nitrogens with zero attached hydrogens (tertiary/aromatic N) is 3. The first-order valence-electron chi connectivity index (χ1n) is 12.8. The Balaban J connectivity index is 1.22. The Bertz CT molecular complexity index is 1580. The molecular weight excluding hydrogens is 534 g/mol. The summed E-state index contributed by atoms with van der Waals surface area (Å²) in [6, 6.07) is 15.8. The van der Waals surface area contributed by atoms with Crippen molar-refractivity contribution in [3.8, 4) is 28.6 Å². The minimum absolute atomic E-state index is 0.179. The highest BCUT2D eigenvalue weighted by molar-refractivity contribution is 6.33. The van der Waals surface area contributed by atoms with Gasteiger partial charge in [-0.1, -0.05) is 11.6 Å². The third-order valence-electron chi connectivity index (χ3n) is 6.77. The normalized spacial score (nSPS) is 13.8. The van der Waals surface area contributed by atoms with E-state index in [0.29, 0.717) is 50.2 Å². The summed E-state index contributed by atoms with van der Waals surface area (Å²) in [4.78, 5) is 37.2. The van der Waals surface area contributed by atoms with Gasteiger partial charge >= 0.3 is 0 Å². The van der Waals surface area contributed by atoms with Gasteiger partial charge in [0.25, 0.3) is 11.5 Å². The van der Waals surface area contributed by atoms with Crippen LogP contribution in [0.5, 0.6) is 17.2 Å². The van der Waals surface area contributed by atoms with Crippen molar-refractivity contribution in [3.63, 3.8) is 0 Å². The molecule has 1 aliphatic rings. The van der Waals surface area contributed by atoms with Crippen molar-refractivity contribution in [2.24, 2.45) is 0 Å². The van der Waals surface area contributed by atoms with E-state index in [4.69, 9.17) is 25.8 Å². The predicted octanol–water partition coefficient (Wildman–Crippen LogP) is 4.03. The van der Waals surface area contributed by atoms with Crippen molar-refractivity contribution in [3.05, 3.63) is 70.0 Å². The van der Waals surface area contributed by atoms with E-state index in [1.807, 2.05) is 12.1 Å². The van der Waals surface area contributed by atoms with Gasteiger partial charge in [-0.25, -0.2) is 4.98 Å². The number of aromatic amines is 1. The van der Waals surface area contributed by atoms with Gasteiger partial charge in [-0.2, -0.15) is 0 Å². The fourth-order valence-electron chi connectivity index (χ4n) is 4.57. The second-order valence-electron chi connectivity index (χ2n) is 9.46. The SMILES string of the molecule is COc1cc(OC)c2c(=O)[nH]c(-c3ccc(OCC(=O)Nc4ccc(N5CCN(C)CC5)c(Cl)c4)cc3)nc2c1. The minimum atomic E-state index is -0.326. The lowest BCUT2D eigenvalue weighted by atomic mass is 10.1. The molecule has 0 atom stereocenters. The van der Waals surface area contributed by atoms with Gasteiger partial charge in [0.15, 0.2) is 6.61 Å². The number of amides is 1. The number of anilines is 2. The fourth-order valence-corrected chi connectivity index (χ4v) is 4.87. The highest BCUT2D eigenvalue weighted by Gasteiger charge is 2.17. The zero-order valence-electron chi connectivity index (χ0n) is 22.5. The highest BCUT2D eigenvalue weighted by atomic mass is 35.5. The fraction of sp³-hybridized carbons (Fsp3) is 0.276. The van der Waals surface area contributed by atoms with Gasteiger partial charge < -0.3 is 34.3 Å². The maximum atomic E-state index is 12.8. The number of benzene rings is 3. The summed E-state index contributed by atoms with van der Waals surface area (Å²) in [5.41, 5.74) is 2.36. The molecule has 1 saturated heterocycles. The number of ether oxygens (including phenoxy) is 3. The topological polar surface area (TPSA) is 109 Å².